The van der Waals surface area contributed by atoms with Crippen LogP contribution in [0.1, 0.15) is 32.8 Å². The quantitative estimate of drug-likeness (QED) is 0.820. The fourth-order valence-corrected chi connectivity index (χ4v) is 3.37. The number of ether oxygens (including phenoxy) is 1. The SMILES string of the molecule is CC(C)(C)OC(=O)N1C[C@]2(C[C@H]1C(=O)O)C(=O)Nc1ccccc12. The first-order valence-electron chi connectivity index (χ1n) is 7.77. The van der Waals surface area contributed by atoms with Gasteiger partial charge < -0.3 is 15.2 Å². The topological polar surface area (TPSA) is 95.9 Å². The van der Waals surface area contributed by atoms with E-state index in [1.54, 1.807) is 45.0 Å². The third-order valence-electron chi connectivity index (χ3n) is 4.40. The summed E-state index contributed by atoms with van der Waals surface area (Å²) >= 11 is 0. The largest absolute Gasteiger partial charge is 0.480 e. The van der Waals surface area contributed by atoms with E-state index in [-0.39, 0.29) is 18.9 Å². The van der Waals surface area contributed by atoms with E-state index in [1.807, 2.05) is 0 Å². The summed E-state index contributed by atoms with van der Waals surface area (Å²) in [4.78, 5) is 37.8. The van der Waals surface area contributed by atoms with Gasteiger partial charge in [-0.3, -0.25) is 9.69 Å². The van der Waals surface area contributed by atoms with Crippen molar-refractivity contribution < 1.29 is 24.2 Å². The summed E-state index contributed by atoms with van der Waals surface area (Å²) in [5.41, 5.74) is -0.396. The predicted octanol–water partition coefficient (Wildman–Crippen LogP) is 1.97. The molecule has 7 heteroatoms. The van der Waals surface area contributed by atoms with Crippen molar-refractivity contribution in [2.75, 3.05) is 11.9 Å². The minimum atomic E-state index is -1.14. The summed E-state index contributed by atoms with van der Waals surface area (Å²) in [5.74, 6) is -1.42. The number of carboxylic acid groups (broad SMARTS) is 1. The number of anilines is 1. The monoisotopic (exact) mass is 332 g/mol. The van der Waals surface area contributed by atoms with Gasteiger partial charge >= 0.3 is 12.1 Å². The molecular formula is C17H20N2O5. The van der Waals surface area contributed by atoms with Crippen LogP contribution < -0.4 is 5.32 Å². The molecular weight excluding hydrogens is 312 g/mol. The van der Waals surface area contributed by atoms with Gasteiger partial charge in [0.1, 0.15) is 11.6 Å². The Kier molecular flexibility index (Phi) is 3.55. The van der Waals surface area contributed by atoms with Gasteiger partial charge in [0.25, 0.3) is 0 Å². The molecule has 0 bridgehead atoms. The minimum Gasteiger partial charge on any atom is -0.480 e. The number of aliphatic carboxylic acids is 1. The second-order valence-corrected chi connectivity index (χ2v) is 7.25. The zero-order valence-corrected chi connectivity index (χ0v) is 13.8. The van der Waals surface area contributed by atoms with Gasteiger partial charge in [-0.15, -0.1) is 0 Å². The maximum absolute atomic E-state index is 12.6. The molecule has 2 atom stereocenters. The van der Waals surface area contributed by atoms with Crippen molar-refractivity contribution in [3.63, 3.8) is 0 Å². The van der Waals surface area contributed by atoms with Crippen LogP contribution in [0, 0.1) is 0 Å². The molecule has 1 spiro atoms. The van der Waals surface area contributed by atoms with Crippen LogP contribution in [0.4, 0.5) is 10.5 Å². The lowest BCUT2D eigenvalue weighted by Crippen LogP contribution is -2.44. The van der Waals surface area contributed by atoms with Crippen LogP contribution in [-0.4, -0.2) is 46.2 Å². The average Bonchev–Trinajstić information content (AvgIpc) is 2.99. The van der Waals surface area contributed by atoms with E-state index >= 15 is 0 Å². The van der Waals surface area contributed by atoms with Crippen LogP contribution in [0.2, 0.25) is 0 Å². The Balaban J connectivity index is 1.98. The number of hydrogen-bond donors (Lipinski definition) is 2. The third-order valence-corrected chi connectivity index (χ3v) is 4.40. The summed E-state index contributed by atoms with van der Waals surface area (Å²) in [6.07, 6.45) is -0.686. The second-order valence-electron chi connectivity index (χ2n) is 7.25. The molecule has 3 rings (SSSR count). The van der Waals surface area contributed by atoms with E-state index in [0.717, 1.165) is 10.5 Å². The van der Waals surface area contributed by atoms with Crippen LogP contribution in [0.15, 0.2) is 24.3 Å². The van der Waals surface area contributed by atoms with Gasteiger partial charge in [0.05, 0.1) is 5.41 Å². The number of carbonyl (C=O) groups is 3. The number of carbonyl (C=O) groups excluding carboxylic acids is 2. The Morgan fingerprint density at radius 2 is 2.00 bits per heavy atom. The van der Waals surface area contributed by atoms with E-state index < -0.39 is 29.1 Å². The van der Waals surface area contributed by atoms with Gasteiger partial charge in [0.15, 0.2) is 0 Å². The summed E-state index contributed by atoms with van der Waals surface area (Å²) in [6, 6.07) is 6.07. The molecule has 2 aliphatic heterocycles. The van der Waals surface area contributed by atoms with Crippen LogP contribution in [0.3, 0.4) is 0 Å². The van der Waals surface area contributed by atoms with Crippen molar-refractivity contribution >= 4 is 23.7 Å². The first-order valence-corrected chi connectivity index (χ1v) is 7.77. The molecule has 2 amide bonds. The maximum Gasteiger partial charge on any atom is 0.411 e. The van der Waals surface area contributed by atoms with Crippen LogP contribution in [-0.2, 0) is 19.7 Å². The molecule has 0 saturated carbocycles. The molecule has 2 heterocycles. The minimum absolute atomic E-state index is 0.0122. The number of benzene rings is 1. The van der Waals surface area contributed by atoms with E-state index in [4.69, 9.17) is 4.74 Å². The summed E-state index contributed by atoms with van der Waals surface area (Å²) < 4.78 is 5.32. The summed E-state index contributed by atoms with van der Waals surface area (Å²) in [6.45, 7) is 5.13. The number of nitrogens with zero attached hydrogens (tertiary/aromatic N) is 1. The molecule has 2 N–H and O–H groups in total. The Bertz CT molecular complexity index is 724. The van der Waals surface area contributed by atoms with Crippen molar-refractivity contribution in [2.45, 2.75) is 44.2 Å². The number of likely N-dealkylation sites (tertiary alicyclic amines) is 1. The lowest BCUT2D eigenvalue weighted by Gasteiger charge is -2.27. The lowest BCUT2D eigenvalue weighted by molar-refractivity contribution is -0.142. The molecule has 0 aliphatic carbocycles. The fraction of sp³-hybridized carbons (Fsp3) is 0.471. The number of hydrogen-bond acceptors (Lipinski definition) is 4. The standard InChI is InChI=1S/C17H20N2O5/c1-16(2,3)24-15(23)19-9-17(8-12(19)13(20)21)10-6-4-5-7-11(10)18-14(17)22/h4-7,12H,8-9H2,1-3H3,(H,18,22)(H,20,21)/t12-,17-/m0/s1. The highest BCUT2D eigenvalue weighted by Crippen LogP contribution is 2.46. The predicted molar refractivity (Wildman–Crippen MR) is 85.7 cm³/mol. The first kappa shape index (κ1) is 16.3. The van der Waals surface area contributed by atoms with E-state index in [9.17, 15) is 19.5 Å². The highest BCUT2D eigenvalue weighted by atomic mass is 16.6. The molecule has 2 aliphatic rings. The molecule has 7 nitrogen and oxygen atoms in total. The fourth-order valence-electron chi connectivity index (χ4n) is 3.37. The maximum atomic E-state index is 12.6. The van der Waals surface area contributed by atoms with Gasteiger partial charge in [0.2, 0.25) is 5.91 Å². The van der Waals surface area contributed by atoms with Crippen LogP contribution in [0.25, 0.3) is 0 Å². The van der Waals surface area contributed by atoms with E-state index in [1.165, 1.54) is 0 Å². The number of nitrogens with one attached hydrogen (secondary N) is 1. The smallest absolute Gasteiger partial charge is 0.411 e. The Morgan fingerprint density at radius 1 is 1.33 bits per heavy atom. The van der Waals surface area contributed by atoms with Gasteiger partial charge in [-0.05, 0) is 38.8 Å². The van der Waals surface area contributed by atoms with E-state index in [2.05, 4.69) is 5.32 Å². The van der Waals surface area contributed by atoms with Gasteiger partial charge in [-0.25, -0.2) is 9.59 Å². The third kappa shape index (κ3) is 2.50. The number of fused-ring (bicyclic) bond motifs is 2. The number of para-hydroxylation sites is 1. The normalized spacial score (nSPS) is 25.5. The molecule has 0 unspecified atom stereocenters. The number of carboxylic acids is 1. The first-order chi connectivity index (χ1) is 11.1. The molecule has 128 valence electrons. The van der Waals surface area contributed by atoms with E-state index in [0.29, 0.717) is 5.69 Å². The molecule has 1 aromatic rings. The average molecular weight is 332 g/mol. The van der Waals surface area contributed by atoms with Crippen molar-refractivity contribution in [3.05, 3.63) is 29.8 Å². The highest BCUT2D eigenvalue weighted by molar-refractivity contribution is 6.07. The summed E-state index contributed by atoms with van der Waals surface area (Å²) in [7, 11) is 0. The Hall–Kier alpha value is -2.57. The van der Waals surface area contributed by atoms with Crippen molar-refractivity contribution in [2.24, 2.45) is 0 Å². The molecule has 24 heavy (non-hydrogen) atoms. The molecule has 0 radical (unpaired) electrons. The number of amides is 2. The van der Waals surface area contributed by atoms with Crippen molar-refractivity contribution in [1.82, 2.24) is 4.90 Å². The highest BCUT2D eigenvalue weighted by Gasteiger charge is 2.58. The van der Waals surface area contributed by atoms with Crippen LogP contribution >= 0.6 is 0 Å². The Morgan fingerprint density at radius 3 is 2.62 bits per heavy atom. The molecule has 1 fully saturated rings. The zero-order valence-electron chi connectivity index (χ0n) is 13.8. The number of rotatable bonds is 1. The van der Waals surface area contributed by atoms with Gasteiger partial charge in [0, 0.05) is 12.2 Å². The molecule has 1 aromatic carbocycles. The van der Waals surface area contributed by atoms with Crippen molar-refractivity contribution in [3.8, 4) is 0 Å². The van der Waals surface area contributed by atoms with Gasteiger partial charge in [-0.1, -0.05) is 18.2 Å². The van der Waals surface area contributed by atoms with Gasteiger partial charge in [-0.2, -0.15) is 0 Å². The zero-order chi connectivity index (χ0) is 17.7. The summed E-state index contributed by atoms with van der Waals surface area (Å²) in [5, 5.41) is 12.3. The molecule has 1 saturated heterocycles. The second kappa shape index (κ2) is 5.22. The Labute approximate surface area is 139 Å². The molecule has 0 aromatic heterocycles. The van der Waals surface area contributed by atoms with Crippen molar-refractivity contribution in [1.29, 1.82) is 0 Å². The van der Waals surface area contributed by atoms with Crippen LogP contribution in [0.5, 0.6) is 0 Å². The lowest BCUT2D eigenvalue weighted by atomic mass is 9.79.